The van der Waals surface area contributed by atoms with Crippen molar-refractivity contribution in [1.82, 2.24) is 29.2 Å². The normalized spacial score (nSPS) is 16.7. The maximum atomic E-state index is 14.4. The van der Waals surface area contributed by atoms with E-state index in [9.17, 15) is 9.18 Å². The number of aromatic nitrogens is 4. The molecule has 1 fully saturated rings. The zero-order chi connectivity index (χ0) is 46.6. The first kappa shape index (κ1) is 46.0. The molecule has 4 bridgehead atoms. The number of esters is 1. The van der Waals surface area contributed by atoms with E-state index in [0.29, 0.717) is 68.6 Å². The molecule has 2 atom stereocenters. The van der Waals surface area contributed by atoms with E-state index in [4.69, 9.17) is 68.2 Å². The Hall–Kier alpha value is -6.16. The molecule has 17 heteroatoms. The van der Waals surface area contributed by atoms with Crippen LogP contribution in [0.1, 0.15) is 18.2 Å². The number of ether oxygens (including phenoxy) is 6. The highest BCUT2D eigenvalue weighted by molar-refractivity contribution is 6.38. The number of halogens is 4. The van der Waals surface area contributed by atoms with Gasteiger partial charge in [0.15, 0.2) is 11.6 Å². The van der Waals surface area contributed by atoms with Gasteiger partial charge < -0.3 is 37.7 Å². The van der Waals surface area contributed by atoms with Gasteiger partial charge in [-0.3, -0.25) is 4.90 Å². The van der Waals surface area contributed by atoms with Crippen LogP contribution in [-0.4, -0.2) is 107 Å². The van der Waals surface area contributed by atoms with Crippen molar-refractivity contribution >= 4 is 46.3 Å². The van der Waals surface area contributed by atoms with E-state index in [1.165, 1.54) is 18.3 Å². The van der Waals surface area contributed by atoms with Crippen molar-refractivity contribution in [2.24, 2.45) is 0 Å². The van der Waals surface area contributed by atoms with Gasteiger partial charge in [-0.25, -0.2) is 24.1 Å². The lowest BCUT2D eigenvalue weighted by atomic mass is 9.97. The summed E-state index contributed by atoms with van der Waals surface area (Å²) in [5, 5.41) is 0.729. The fraction of sp³-hybridized carbons (Fsp3) is 0.280. The first-order chi connectivity index (χ1) is 32.6. The molecule has 13 nitrogen and oxygen atoms in total. The van der Waals surface area contributed by atoms with Gasteiger partial charge in [-0.1, -0.05) is 59.1 Å². The zero-order valence-electron chi connectivity index (χ0n) is 36.9. The number of hydrogen-bond donors (Lipinski definition) is 0. The van der Waals surface area contributed by atoms with Gasteiger partial charge >= 0.3 is 5.97 Å². The second kappa shape index (κ2) is 20.4. The zero-order valence-corrected chi connectivity index (χ0v) is 39.2. The van der Waals surface area contributed by atoms with E-state index in [-0.39, 0.29) is 53.1 Å². The molecule has 0 unspecified atom stereocenters. The lowest BCUT2D eigenvalue weighted by Gasteiger charge is -2.34. The predicted octanol–water partition coefficient (Wildman–Crippen LogP) is 9.75. The molecule has 0 amide bonds. The maximum absolute atomic E-state index is 14.4. The molecule has 0 radical (unpaired) electrons. The Bertz CT molecular complexity index is 2890. The number of piperazine rings is 1. The van der Waals surface area contributed by atoms with Crippen molar-refractivity contribution in [3.8, 4) is 62.5 Å². The fourth-order valence-corrected chi connectivity index (χ4v) is 9.20. The molecule has 4 aromatic carbocycles. The Kier molecular flexibility index (Phi) is 14.0. The average molecular weight is 968 g/mol. The number of para-hydroxylation sites is 1. The molecular formula is C50H46Cl3FN6O7. The van der Waals surface area contributed by atoms with Crippen molar-refractivity contribution in [1.29, 1.82) is 0 Å². The quantitative estimate of drug-likeness (QED) is 0.121. The molecule has 67 heavy (non-hydrogen) atoms. The minimum atomic E-state index is -1.26. The average Bonchev–Trinajstić information content (AvgIpc) is 3.64. The van der Waals surface area contributed by atoms with Gasteiger partial charge in [-0.05, 0) is 85.8 Å². The molecule has 346 valence electrons. The summed E-state index contributed by atoms with van der Waals surface area (Å²) < 4.78 is 53.7. The molecule has 1 saturated heterocycles. The van der Waals surface area contributed by atoms with E-state index in [1.54, 1.807) is 73.3 Å². The summed E-state index contributed by atoms with van der Waals surface area (Å²) >= 11 is 21.5. The molecule has 3 aliphatic heterocycles. The number of carbonyl (C=O) groups excluding carboxylic acids is 1. The van der Waals surface area contributed by atoms with Crippen molar-refractivity contribution in [2.45, 2.75) is 32.2 Å². The molecular weight excluding hydrogens is 922 g/mol. The Morgan fingerprint density at radius 2 is 1.64 bits per heavy atom. The summed E-state index contributed by atoms with van der Waals surface area (Å²) in [6.07, 6.45) is 3.03. The predicted molar refractivity (Wildman–Crippen MR) is 254 cm³/mol. The minimum Gasteiger partial charge on any atom is -0.496 e. The topological polar surface area (TPSA) is 122 Å². The largest absolute Gasteiger partial charge is 0.496 e. The monoisotopic (exact) mass is 966 g/mol. The van der Waals surface area contributed by atoms with Crippen LogP contribution in [0.5, 0.6) is 28.9 Å². The summed E-state index contributed by atoms with van der Waals surface area (Å²) in [6, 6.07) is 24.1. The first-order valence-electron chi connectivity index (χ1n) is 21.7. The van der Waals surface area contributed by atoms with Gasteiger partial charge in [0.05, 0.1) is 35.0 Å². The third-order valence-corrected chi connectivity index (χ3v) is 12.6. The maximum Gasteiger partial charge on any atom is 0.347 e. The van der Waals surface area contributed by atoms with Crippen molar-refractivity contribution in [3.63, 3.8) is 0 Å². The Labute approximate surface area is 401 Å². The van der Waals surface area contributed by atoms with E-state index in [0.717, 1.165) is 31.7 Å². The molecule has 7 aromatic rings. The number of likely N-dealkylation sites (N-methyl/N-ethyl adjacent to an activating group) is 1. The number of rotatable bonds is 10. The highest BCUT2D eigenvalue weighted by atomic mass is 35.5. The molecule has 0 N–H and O–H groups in total. The number of benzene rings is 4. The SMILES string of the molecule is CCOC(=O)[C@H]1Cc2cc(ccc2OCc2ccnc(-c3ccccc3OC)n2)OC[C@@H](CN2CCN(C)CC2)Oc2c(Cl)cc(cc2Cl)-c2c(-c3ccc(F)cc3)c(Cl)n3ccnc(c23)O1. The van der Waals surface area contributed by atoms with Crippen LogP contribution in [0.2, 0.25) is 15.2 Å². The Morgan fingerprint density at radius 1 is 0.866 bits per heavy atom. The van der Waals surface area contributed by atoms with Crippen LogP contribution in [0.3, 0.4) is 0 Å². The smallest absolute Gasteiger partial charge is 0.347 e. The van der Waals surface area contributed by atoms with E-state index >= 15 is 0 Å². The van der Waals surface area contributed by atoms with Gasteiger partial charge in [-0.2, -0.15) is 0 Å². The molecule has 6 heterocycles. The Morgan fingerprint density at radius 3 is 2.40 bits per heavy atom. The van der Waals surface area contributed by atoms with Crippen LogP contribution in [-0.2, 0) is 22.6 Å². The summed E-state index contributed by atoms with van der Waals surface area (Å²) in [6.45, 7) is 5.96. The third kappa shape index (κ3) is 10.1. The van der Waals surface area contributed by atoms with E-state index in [1.807, 2.05) is 30.3 Å². The Balaban J connectivity index is 1.17. The van der Waals surface area contributed by atoms with Gasteiger partial charge in [0.2, 0.25) is 12.0 Å². The van der Waals surface area contributed by atoms with Gasteiger partial charge in [0.1, 0.15) is 53.1 Å². The molecule has 0 spiro atoms. The summed E-state index contributed by atoms with van der Waals surface area (Å²) in [5.41, 5.74) is 4.47. The highest BCUT2D eigenvalue weighted by Crippen LogP contribution is 2.48. The van der Waals surface area contributed by atoms with E-state index in [2.05, 4.69) is 26.8 Å². The summed E-state index contributed by atoms with van der Waals surface area (Å²) in [5.74, 6) is 1.30. The third-order valence-electron chi connectivity index (χ3n) is 11.6. The number of fused-ring (bicyclic) bond motifs is 7. The number of nitrogens with zero attached hydrogens (tertiary/aromatic N) is 6. The minimum absolute atomic E-state index is 0.0356. The fourth-order valence-electron chi connectivity index (χ4n) is 8.28. The molecule has 0 saturated carbocycles. The molecule has 10 rings (SSSR count). The highest BCUT2D eigenvalue weighted by Gasteiger charge is 2.31. The lowest BCUT2D eigenvalue weighted by molar-refractivity contribution is -0.151. The van der Waals surface area contributed by atoms with Crippen LogP contribution in [0, 0.1) is 5.82 Å². The van der Waals surface area contributed by atoms with Crippen LogP contribution >= 0.6 is 34.8 Å². The van der Waals surface area contributed by atoms with Crippen LogP contribution in [0.25, 0.3) is 39.2 Å². The number of methoxy groups -OCH3 is 1. The first-order valence-corrected chi connectivity index (χ1v) is 22.9. The van der Waals surface area contributed by atoms with Crippen molar-refractivity contribution in [2.75, 3.05) is 60.1 Å². The van der Waals surface area contributed by atoms with Gasteiger partial charge in [-0.15, -0.1) is 0 Å². The standard InChI is InChI=1S/C50H46Cl3FN6O7/c1-4-63-50(61)42-26-31-23-35(13-14-40(31)65-28-34-15-16-55-48(57-34)37-7-5-6-8-41(37)62-3)64-29-36(27-59-21-19-58(2)20-22-59)66-46-38(51)24-32(25-39(46)52)43-44(30-9-11-33(54)12-10-30)47(53)60-18-17-56-49(67-42)45(43)60/h5-18,23-25,36,42H,4,19-22,26-29H2,1-3H3/t36-,42-/m1/s1. The molecule has 3 aliphatic rings. The molecule has 0 aliphatic carbocycles. The summed E-state index contributed by atoms with van der Waals surface area (Å²) in [4.78, 5) is 32.6. The van der Waals surface area contributed by atoms with Gasteiger partial charge in [0, 0.05) is 74.4 Å². The second-order valence-corrected chi connectivity index (χ2v) is 17.3. The van der Waals surface area contributed by atoms with Crippen molar-refractivity contribution in [3.05, 3.63) is 136 Å². The van der Waals surface area contributed by atoms with Gasteiger partial charge in [0.25, 0.3) is 0 Å². The number of carbonyl (C=O) groups is 1. The lowest BCUT2D eigenvalue weighted by Crippen LogP contribution is -2.49. The summed E-state index contributed by atoms with van der Waals surface area (Å²) in [7, 11) is 3.70. The van der Waals surface area contributed by atoms with Crippen molar-refractivity contribution < 1.29 is 37.6 Å². The molecule has 3 aromatic heterocycles. The second-order valence-electron chi connectivity index (χ2n) is 16.1. The van der Waals surface area contributed by atoms with Crippen LogP contribution < -0.4 is 23.7 Å². The number of hydrogen-bond acceptors (Lipinski definition) is 12. The van der Waals surface area contributed by atoms with Crippen LogP contribution in [0.4, 0.5) is 4.39 Å². The van der Waals surface area contributed by atoms with E-state index < -0.39 is 24.0 Å². The van der Waals surface area contributed by atoms with Crippen LogP contribution in [0.15, 0.2) is 104 Å².